The van der Waals surface area contributed by atoms with Gasteiger partial charge >= 0.3 is 0 Å². The van der Waals surface area contributed by atoms with Crippen LogP contribution in [-0.2, 0) is 4.79 Å². The molecule has 2 atom stereocenters. The van der Waals surface area contributed by atoms with Gasteiger partial charge < -0.3 is 14.1 Å². The predicted octanol–water partition coefficient (Wildman–Crippen LogP) is 6.32. The van der Waals surface area contributed by atoms with Crippen molar-refractivity contribution in [2.24, 2.45) is 11.8 Å². The number of carbonyl (C=O) groups is 1. The Morgan fingerprint density at radius 2 is 1.84 bits per heavy atom. The minimum atomic E-state index is 0.0752. The van der Waals surface area contributed by atoms with E-state index in [9.17, 15) is 4.79 Å². The molecule has 2 aromatic carbocycles. The molecule has 0 N–H and O–H groups in total. The Kier molecular flexibility index (Phi) is 5.90. The van der Waals surface area contributed by atoms with Crippen LogP contribution in [0, 0.1) is 18.8 Å². The van der Waals surface area contributed by atoms with Gasteiger partial charge in [0.05, 0.1) is 13.4 Å². The van der Waals surface area contributed by atoms with E-state index in [-0.39, 0.29) is 5.91 Å². The maximum absolute atomic E-state index is 13.0. The number of piperidine rings is 1. The highest BCUT2D eigenvalue weighted by Gasteiger charge is 2.25. The van der Waals surface area contributed by atoms with E-state index in [1.807, 2.05) is 36.9 Å². The highest BCUT2D eigenvalue weighted by Crippen LogP contribution is 2.40. The van der Waals surface area contributed by atoms with Gasteiger partial charge in [-0.2, -0.15) is 0 Å². The van der Waals surface area contributed by atoms with E-state index in [2.05, 4.69) is 32.0 Å². The second kappa shape index (κ2) is 8.62. The number of hydrogen-bond donors (Lipinski definition) is 0. The fourth-order valence-electron chi connectivity index (χ4n) is 4.91. The van der Waals surface area contributed by atoms with Gasteiger partial charge in [0, 0.05) is 41.2 Å². The van der Waals surface area contributed by atoms with Crippen LogP contribution >= 0.6 is 0 Å². The topological polar surface area (TPSA) is 42.7 Å². The first-order valence-electron chi connectivity index (χ1n) is 11.0. The highest BCUT2D eigenvalue weighted by atomic mass is 16.5. The van der Waals surface area contributed by atoms with E-state index >= 15 is 0 Å². The van der Waals surface area contributed by atoms with Gasteiger partial charge in [-0.15, -0.1) is 0 Å². The number of benzene rings is 2. The van der Waals surface area contributed by atoms with Crippen LogP contribution in [0.3, 0.4) is 0 Å². The standard InChI is InChI=1S/C27H31NO3/c1-17-11-18(2)15-28(14-17)25(29)12-19(3)22-13-23-24(21-9-7-6-8-10-21)16-31-27(23)20(4)26(22)30-5/h6-10,12-13,16-18H,11,14-15H2,1-5H3/b19-12+. The first-order chi connectivity index (χ1) is 14.9. The number of amides is 1. The maximum Gasteiger partial charge on any atom is 0.246 e. The molecule has 31 heavy (non-hydrogen) atoms. The van der Waals surface area contributed by atoms with Gasteiger partial charge in [0.1, 0.15) is 11.3 Å². The monoisotopic (exact) mass is 417 g/mol. The van der Waals surface area contributed by atoms with E-state index in [4.69, 9.17) is 9.15 Å². The van der Waals surface area contributed by atoms with Crippen molar-refractivity contribution in [2.75, 3.05) is 20.2 Å². The van der Waals surface area contributed by atoms with E-state index in [0.29, 0.717) is 11.8 Å². The molecule has 0 radical (unpaired) electrons. The van der Waals surface area contributed by atoms with Crippen molar-refractivity contribution < 1.29 is 13.9 Å². The third-order valence-corrected chi connectivity index (χ3v) is 6.28. The van der Waals surface area contributed by atoms with Crippen molar-refractivity contribution in [2.45, 2.75) is 34.1 Å². The summed E-state index contributed by atoms with van der Waals surface area (Å²) in [5.74, 6) is 1.90. The van der Waals surface area contributed by atoms with Crippen LogP contribution < -0.4 is 4.74 Å². The van der Waals surface area contributed by atoms with Gasteiger partial charge in [0.2, 0.25) is 5.91 Å². The molecule has 4 heteroatoms. The summed E-state index contributed by atoms with van der Waals surface area (Å²) in [7, 11) is 1.67. The molecule has 2 heterocycles. The van der Waals surface area contributed by atoms with Crippen molar-refractivity contribution in [3.05, 3.63) is 59.9 Å². The summed E-state index contributed by atoms with van der Waals surface area (Å²) in [5, 5.41) is 1.03. The molecular weight excluding hydrogens is 386 g/mol. The number of hydrogen-bond acceptors (Lipinski definition) is 3. The van der Waals surface area contributed by atoms with Gasteiger partial charge in [0.25, 0.3) is 0 Å². The SMILES string of the molecule is COc1c(/C(C)=C/C(=O)N2CC(C)CC(C)C2)cc2c(-c3ccccc3)coc2c1C. The first kappa shape index (κ1) is 21.2. The van der Waals surface area contributed by atoms with E-state index in [1.54, 1.807) is 19.4 Å². The summed E-state index contributed by atoms with van der Waals surface area (Å²) < 4.78 is 11.7. The van der Waals surface area contributed by atoms with E-state index in [1.165, 1.54) is 6.42 Å². The summed E-state index contributed by atoms with van der Waals surface area (Å²) in [4.78, 5) is 15.0. The summed E-state index contributed by atoms with van der Waals surface area (Å²) >= 11 is 0. The largest absolute Gasteiger partial charge is 0.496 e. The number of rotatable bonds is 4. The molecule has 3 aromatic rings. The Bertz CT molecular complexity index is 1120. The van der Waals surface area contributed by atoms with Gasteiger partial charge in [-0.25, -0.2) is 0 Å². The number of allylic oxidation sites excluding steroid dienone is 1. The number of carbonyl (C=O) groups excluding carboxylic acids is 1. The minimum Gasteiger partial charge on any atom is -0.496 e. The lowest BCUT2D eigenvalue weighted by Gasteiger charge is -2.34. The Hall–Kier alpha value is -3.01. The fraction of sp³-hybridized carbons (Fsp3) is 0.370. The lowest BCUT2D eigenvalue weighted by atomic mass is 9.91. The molecule has 1 fully saturated rings. The third kappa shape index (κ3) is 4.12. The molecule has 0 bridgehead atoms. The van der Waals surface area contributed by atoms with Crippen molar-refractivity contribution in [3.63, 3.8) is 0 Å². The number of methoxy groups -OCH3 is 1. The number of fused-ring (bicyclic) bond motifs is 1. The lowest BCUT2D eigenvalue weighted by molar-refractivity contribution is -0.128. The van der Waals surface area contributed by atoms with Gasteiger partial charge in [-0.3, -0.25) is 4.79 Å². The van der Waals surface area contributed by atoms with Gasteiger partial charge in [0.15, 0.2) is 0 Å². The lowest BCUT2D eigenvalue weighted by Crippen LogP contribution is -2.41. The molecule has 0 aliphatic carbocycles. The minimum absolute atomic E-state index is 0.0752. The Labute approximate surface area is 184 Å². The quantitative estimate of drug-likeness (QED) is 0.466. The van der Waals surface area contributed by atoms with Crippen LogP contribution in [0.25, 0.3) is 27.7 Å². The smallest absolute Gasteiger partial charge is 0.246 e. The van der Waals surface area contributed by atoms with Crippen molar-refractivity contribution in [3.8, 4) is 16.9 Å². The summed E-state index contributed by atoms with van der Waals surface area (Å²) in [6.07, 6.45) is 4.74. The average Bonchev–Trinajstić information content (AvgIpc) is 3.18. The zero-order valence-electron chi connectivity index (χ0n) is 19.1. The van der Waals surface area contributed by atoms with Crippen LogP contribution in [0.15, 0.2) is 53.2 Å². The van der Waals surface area contributed by atoms with Crippen LogP contribution in [0.5, 0.6) is 5.75 Å². The summed E-state index contributed by atoms with van der Waals surface area (Å²) in [5.41, 5.74) is 5.73. The zero-order valence-corrected chi connectivity index (χ0v) is 19.1. The average molecular weight is 418 g/mol. The van der Waals surface area contributed by atoms with Crippen LogP contribution in [0.2, 0.25) is 0 Å². The third-order valence-electron chi connectivity index (χ3n) is 6.28. The first-order valence-corrected chi connectivity index (χ1v) is 11.0. The van der Waals surface area contributed by atoms with Crippen LogP contribution in [0.4, 0.5) is 0 Å². The molecule has 1 amide bonds. The second-order valence-electron chi connectivity index (χ2n) is 8.99. The molecule has 1 aliphatic heterocycles. The summed E-state index contributed by atoms with van der Waals surface area (Å²) in [6.45, 7) is 10.1. The van der Waals surface area contributed by atoms with Crippen LogP contribution in [-0.4, -0.2) is 31.0 Å². The molecule has 1 aromatic heterocycles. The number of aryl methyl sites for hydroxylation is 1. The Balaban J connectivity index is 1.77. The molecule has 1 aliphatic rings. The van der Waals surface area contributed by atoms with Crippen molar-refractivity contribution in [1.29, 1.82) is 0 Å². The van der Waals surface area contributed by atoms with E-state index < -0.39 is 0 Å². The molecule has 4 nitrogen and oxygen atoms in total. The fourth-order valence-corrected chi connectivity index (χ4v) is 4.91. The second-order valence-corrected chi connectivity index (χ2v) is 8.99. The van der Waals surface area contributed by atoms with Gasteiger partial charge in [-0.05, 0) is 49.3 Å². The predicted molar refractivity (Wildman–Crippen MR) is 126 cm³/mol. The Morgan fingerprint density at radius 3 is 2.48 bits per heavy atom. The highest BCUT2D eigenvalue weighted by molar-refractivity contribution is 6.01. The molecule has 2 unspecified atom stereocenters. The van der Waals surface area contributed by atoms with Crippen molar-refractivity contribution in [1.82, 2.24) is 4.90 Å². The Morgan fingerprint density at radius 1 is 1.16 bits per heavy atom. The van der Waals surface area contributed by atoms with Crippen molar-refractivity contribution >= 4 is 22.4 Å². The number of furan rings is 1. The van der Waals surface area contributed by atoms with Gasteiger partial charge in [-0.1, -0.05) is 44.2 Å². The molecule has 4 rings (SSSR count). The molecular formula is C27H31NO3. The van der Waals surface area contributed by atoms with Crippen LogP contribution in [0.1, 0.15) is 38.3 Å². The number of ether oxygens (including phenoxy) is 1. The molecule has 162 valence electrons. The van der Waals surface area contributed by atoms with E-state index in [0.717, 1.165) is 57.6 Å². The normalized spacial score (nSPS) is 19.6. The number of nitrogens with zero attached hydrogens (tertiary/aromatic N) is 1. The summed E-state index contributed by atoms with van der Waals surface area (Å²) in [6, 6.07) is 12.3. The maximum atomic E-state index is 13.0. The number of likely N-dealkylation sites (tertiary alicyclic amines) is 1. The molecule has 1 saturated heterocycles. The molecule has 0 saturated carbocycles. The molecule has 0 spiro atoms. The zero-order chi connectivity index (χ0) is 22.1.